The monoisotopic (exact) mass is 362 g/mol. The van der Waals surface area contributed by atoms with Gasteiger partial charge in [0, 0.05) is 12.1 Å². The SMILES string of the molecule is COc1ccc(C(=O)c2cc(S(=O)(=O)O)c(OC)cc2O)c(O)c1.[H-].[Li+]. The van der Waals surface area contributed by atoms with Gasteiger partial charge in [0.05, 0.1) is 25.3 Å². The van der Waals surface area contributed by atoms with Crippen LogP contribution in [-0.2, 0) is 10.1 Å². The summed E-state index contributed by atoms with van der Waals surface area (Å²) >= 11 is 0. The van der Waals surface area contributed by atoms with Gasteiger partial charge < -0.3 is 21.1 Å². The predicted octanol–water partition coefficient (Wildman–Crippen LogP) is -1.29. The van der Waals surface area contributed by atoms with Crippen molar-refractivity contribution in [3.05, 3.63) is 41.5 Å². The molecular weight excluding hydrogens is 347 g/mol. The third-order valence-electron chi connectivity index (χ3n) is 3.25. The quantitative estimate of drug-likeness (QED) is 0.340. The minimum absolute atomic E-state index is 0. The number of rotatable bonds is 5. The number of benzene rings is 2. The van der Waals surface area contributed by atoms with E-state index in [1.54, 1.807) is 0 Å². The molecule has 10 heteroatoms. The summed E-state index contributed by atoms with van der Waals surface area (Å²) in [6.45, 7) is 0. The second-order valence-electron chi connectivity index (χ2n) is 4.71. The first-order chi connectivity index (χ1) is 11.2. The molecule has 0 amide bonds. The summed E-state index contributed by atoms with van der Waals surface area (Å²) in [5, 5.41) is 19.9. The number of phenols is 2. The average Bonchev–Trinajstić information content (AvgIpc) is 2.52. The maximum absolute atomic E-state index is 12.5. The first-order valence-corrected chi connectivity index (χ1v) is 7.93. The topological polar surface area (TPSA) is 130 Å². The van der Waals surface area contributed by atoms with E-state index in [1.807, 2.05) is 0 Å². The molecule has 0 radical (unpaired) electrons. The molecule has 2 aromatic rings. The van der Waals surface area contributed by atoms with E-state index in [0.717, 1.165) is 19.2 Å². The van der Waals surface area contributed by atoms with Gasteiger partial charge in [-0.2, -0.15) is 8.42 Å². The van der Waals surface area contributed by atoms with E-state index in [4.69, 9.17) is 9.47 Å². The van der Waals surface area contributed by atoms with Crippen molar-refractivity contribution >= 4 is 15.9 Å². The summed E-state index contributed by atoms with van der Waals surface area (Å²) in [7, 11) is -2.17. The maximum atomic E-state index is 12.5. The number of methoxy groups -OCH3 is 2. The Balaban J connectivity index is 0.00000312. The van der Waals surface area contributed by atoms with Gasteiger partial charge in [0.1, 0.15) is 27.9 Å². The molecule has 8 nitrogen and oxygen atoms in total. The summed E-state index contributed by atoms with van der Waals surface area (Å²) in [5.74, 6) is -1.85. The van der Waals surface area contributed by atoms with Gasteiger partial charge in [0.25, 0.3) is 10.1 Å². The molecule has 0 atom stereocenters. The Hall–Kier alpha value is -2.18. The molecule has 0 aromatic heterocycles. The van der Waals surface area contributed by atoms with Crippen LogP contribution in [0, 0.1) is 0 Å². The molecule has 0 aliphatic rings. The number of aromatic hydroxyl groups is 2. The zero-order valence-electron chi connectivity index (χ0n) is 14.7. The smallest absolute Gasteiger partial charge is 1.00 e. The molecule has 0 bridgehead atoms. The summed E-state index contributed by atoms with van der Waals surface area (Å²) in [4.78, 5) is 11.8. The van der Waals surface area contributed by atoms with Gasteiger partial charge in [0.15, 0.2) is 0 Å². The first-order valence-electron chi connectivity index (χ1n) is 6.49. The van der Waals surface area contributed by atoms with Crippen LogP contribution in [0.3, 0.4) is 0 Å². The molecule has 2 rings (SSSR count). The summed E-state index contributed by atoms with van der Waals surface area (Å²) in [5.41, 5.74) is -0.610. The fourth-order valence-corrected chi connectivity index (χ4v) is 2.73. The van der Waals surface area contributed by atoms with Crippen LogP contribution in [0.15, 0.2) is 35.2 Å². The van der Waals surface area contributed by atoms with Gasteiger partial charge >= 0.3 is 18.9 Å². The molecule has 0 unspecified atom stereocenters. The van der Waals surface area contributed by atoms with Crippen LogP contribution in [0.4, 0.5) is 0 Å². The van der Waals surface area contributed by atoms with Crippen LogP contribution in [0.25, 0.3) is 0 Å². The van der Waals surface area contributed by atoms with Gasteiger partial charge in [-0.3, -0.25) is 9.35 Å². The zero-order chi connectivity index (χ0) is 18.1. The number of ketones is 1. The number of carbonyl (C=O) groups is 1. The van der Waals surface area contributed by atoms with Gasteiger partial charge in [-0.15, -0.1) is 0 Å². The minimum Gasteiger partial charge on any atom is -1.00 e. The number of hydrogen-bond acceptors (Lipinski definition) is 7. The van der Waals surface area contributed by atoms with Crippen LogP contribution < -0.4 is 28.3 Å². The van der Waals surface area contributed by atoms with Crippen LogP contribution in [0.5, 0.6) is 23.0 Å². The standard InChI is InChI=1S/C15H14O8S.Li.H/c1-22-8-3-4-9(11(16)5-8)15(18)10-6-14(24(19,20)21)13(23-2)7-12(10)17;;/h3-7,16-17H,1-2H3,(H,19,20,21);;/q;+1;-1. The number of ether oxygens (including phenoxy) is 2. The van der Waals surface area contributed by atoms with Crippen LogP contribution in [0.2, 0.25) is 0 Å². The molecule has 2 aromatic carbocycles. The molecule has 130 valence electrons. The van der Waals surface area contributed by atoms with Crippen molar-refractivity contribution in [2.75, 3.05) is 14.2 Å². The molecule has 0 saturated carbocycles. The van der Waals surface area contributed by atoms with Gasteiger partial charge in [-0.25, -0.2) is 0 Å². The Morgan fingerprint density at radius 1 is 1.00 bits per heavy atom. The summed E-state index contributed by atoms with van der Waals surface area (Å²) in [6, 6.07) is 5.52. The van der Waals surface area contributed by atoms with Crippen molar-refractivity contribution in [3.8, 4) is 23.0 Å². The van der Waals surface area contributed by atoms with E-state index in [2.05, 4.69) is 0 Å². The van der Waals surface area contributed by atoms with Crippen molar-refractivity contribution in [2.24, 2.45) is 0 Å². The van der Waals surface area contributed by atoms with E-state index >= 15 is 0 Å². The Bertz CT molecular complexity index is 914. The Kier molecular flexibility index (Phi) is 6.51. The van der Waals surface area contributed by atoms with E-state index in [1.165, 1.54) is 25.3 Å². The molecule has 3 N–H and O–H groups in total. The summed E-state index contributed by atoms with van der Waals surface area (Å²) in [6.07, 6.45) is 0. The van der Waals surface area contributed by atoms with Crippen molar-refractivity contribution in [3.63, 3.8) is 0 Å². The fraction of sp³-hybridized carbons (Fsp3) is 0.133. The van der Waals surface area contributed by atoms with Gasteiger partial charge in [-0.05, 0) is 18.2 Å². The van der Waals surface area contributed by atoms with Gasteiger partial charge in [0.2, 0.25) is 5.78 Å². The maximum Gasteiger partial charge on any atom is 1.00 e. The second-order valence-corrected chi connectivity index (χ2v) is 6.10. The molecule has 25 heavy (non-hydrogen) atoms. The number of phenolic OH excluding ortho intramolecular Hbond substituents is 2. The molecule has 0 spiro atoms. The van der Waals surface area contributed by atoms with E-state index in [-0.39, 0.29) is 31.6 Å². The van der Waals surface area contributed by atoms with Crippen molar-refractivity contribution < 1.29 is 57.7 Å². The third kappa shape index (κ3) is 4.27. The molecule has 0 aliphatic heterocycles. The van der Waals surface area contributed by atoms with Crippen molar-refractivity contribution in [1.82, 2.24) is 0 Å². The van der Waals surface area contributed by atoms with E-state index < -0.39 is 37.9 Å². The number of carbonyl (C=O) groups excluding carboxylic acids is 1. The predicted molar refractivity (Wildman–Crippen MR) is 83.7 cm³/mol. The van der Waals surface area contributed by atoms with E-state index in [9.17, 15) is 28.0 Å². The molecule has 0 fully saturated rings. The normalized spacial score (nSPS) is 10.7. The van der Waals surface area contributed by atoms with Crippen molar-refractivity contribution in [2.45, 2.75) is 4.90 Å². The molecule has 0 saturated heterocycles. The Morgan fingerprint density at radius 2 is 1.60 bits per heavy atom. The van der Waals surface area contributed by atoms with E-state index in [0.29, 0.717) is 5.75 Å². The summed E-state index contributed by atoms with van der Waals surface area (Å²) < 4.78 is 41.7. The second kappa shape index (κ2) is 7.80. The molecule has 0 aliphatic carbocycles. The third-order valence-corrected chi connectivity index (χ3v) is 4.13. The Morgan fingerprint density at radius 3 is 2.08 bits per heavy atom. The largest absolute Gasteiger partial charge is 1.00 e. The minimum atomic E-state index is -4.69. The number of hydrogen-bond donors (Lipinski definition) is 3. The zero-order valence-corrected chi connectivity index (χ0v) is 14.5. The van der Waals surface area contributed by atoms with Crippen LogP contribution in [-0.4, -0.2) is 43.2 Å². The average molecular weight is 362 g/mol. The van der Waals surface area contributed by atoms with Crippen molar-refractivity contribution in [1.29, 1.82) is 0 Å². The molecule has 0 heterocycles. The van der Waals surface area contributed by atoms with Crippen LogP contribution in [0.1, 0.15) is 17.3 Å². The Labute approximate surface area is 157 Å². The van der Waals surface area contributed by atoms with Gasteiger partial charge in [-0.1, -0.05) is 0 Å². The fourth-order valence-electron chi connectivity index (χ4n) is 2.07. The molecular formula is C15H15LiO8S. The van der Waals surface area contributed by atoms with Crippen LogP contribution >= 0.6 is 0 Å². The first kappa shape index (κ1) is 20.9.